The van der Waals surface area contributed by atoms with Gasteiger partial charge in [-0.25, -0.2) is 9.37 Å². The molecule has 28 heavy (non-hydrogen) atoms. The largest absolute Gasteiger partial charge is 0.367 e. The van der Waals surface area contributed by atoms with Crippen LogP contribution in [-0.4, -0.2) is 40.3 Å². The fraction of sp³-hybridized carbons (Fsp3) is 0.421. The van der Waals surface area contributed by atoms with Gasteiger partial charge in [0.25, 0.3) is 0 Å². The van der Waals surface area contributed by atoms with Gasteiger partial charge in [0.15, 0.2) is 5.83 Å². The van der Waals surface area contributed by atoms with Crippen LogP contribution in [0.4, 0.5) is 4.39 Å². The molecule has 0 radical (unpaired) electrons. The van der Waals surface area contributed by atoms with Crippen LogP contribution in [0.25, 0.3) is 11.0 Å². The third kappa shape index (κ3) is 3.96. The van der Waals surface area contributed by atoms with E-state index in [9.17, 15) is 9.18 Å². The number of carbonyl (C=O) groups excluding carboxylic acids is 1. The minimum absolute atomic E-state index is 0.0344. The molecule has 148 valence electrons. The molecule has 3 heterocycles. The van der Waals surface area contributed by atoms with Crippen molar-refractivity contribution >= 4 is 34.4 Å². The molecule has 1 aliphatic carbocycles. The molecule has 2 atom stereocenters. The summed E-state index contributed by atoms with van der Waals surface area (Å²) in [6.45, 7) is 1.49. The maximum Gasteiger partial charge on any atom is 0.217 e. The van der Waals surface area contributed by atoms with Crippen molar-refractivity contribution < 1.29 is 9.18 Å². The maximum absolute atomic E-state index is 14.4. The van der Waals surface area contributed by atoms with E-state index in [4.69, 9.17) is 11.6 Å². The van der Waals surface area contributed by atoms with Gasteiger partial charge >= 0.3 is 0 Å². The van der Waals surface area contributed by atoms with Gasteiger partial charge in [0.2, 0.25) is 5.91 Å². The van der Waals surface area contributed by atoms with Crippen molar-refractivity contribution in [2.24, 2.45) is 4.99 Å². The van der Waals surface area contributed by atoms with Gasteiger partial charge in [-0.15, -0.1) is 0 Å². The minimum atomic E-state index is -0.332. The highest BCUT2D eigenvalue weighted by Crippen LogP contribution is 2.24. The lowest BCUT2D eigenvalue weighted by Gasteiger charge is -2.32. The molecule has 1 saturated carbocycles. The van der Waals surface area contributed by atoms with E-state index >= 15 is 0 Å². The average molecular weight is 405 g/mol. The number of aromatic amines is 1. The molecule has 2 aliphatic rings. The summed E-state index contributed by atoms with van der Waals surface area (Å²) >= 11 is 6.07. The predicted molar refractivity (Wildman–Crippen MR) is 107 cm³/mol. The highest BCUT2D eigenvalue weighted by atomic mass is 35.5. The molecule has 0 saturated heterocycles. The highest BCUT2D eigenvalue weighted by Gasteiger charge is 2.26. The van der Waals surface area contributed by atoms with Gasteiger partial charge in [-0.05, 0) is 31.7 Å². The van der Waals surface area contributed by atoms with Gasteiger partial charge < -0.3 is 20.9 Å². The van der Waals surface area contributed by atoms with E-state index in [1.807, 2.05) is 0 Å². The zero-order valence-electron chi connectivity index (χ0n) is 15.5. The molecule has 0 spiro atoms. The average Bonchev–Trinajstić information content (AvgIpc) is 3.06. The van der Waals surface area contributed by atoms with Crippen molar-refractivity contribution in [3.05, 3.63) is 40.7 Å². The third-order valence-electron chi connectivity index (χ3n) is 5.07. The Hall–Kier alpha value is -2.61. The Morgan fingerprint density at radius 2 is 2.18 bits per heavy atom. The predicted octanol–water partition coefficient (Wildman–Crippen LogP) is 2.74. The summed E-state index contributed by atoms with van der Waals surface area (Å²) in [4.78, 5) is 23.0. The van der Waals surface area contributed by atoms with Crippen LogP contribution in [0.5, 0.6) is 0 Å². The number of hydrogen-bond acceptors (Lipinski definition) is 5. The van der Waals surface area contributed by atoms with E-state index in [1.54, 1.807) is 18.5 Å². The summed E-state index contributed by atoms with van der Waals surface area (Å²) in [5, 5.41) is 10.7. The number of H-pyrrole nitrogens is 1. The molecular weight excluding hydrogens is 383 g/mol. The Kier molecular flexibility index (Phi) is 5.21. The van der Waals surface area contributed by atoms with E-state index in [1.165, 1.54) is 6.92 Å². The van der Waals surface area contributed by atoms with Crippen LogP contribution in [0.1, 0.15) is 38.2 Å². The first-order valence-electron chi connectivity index (χ1n) is 9.36. The zero-order valence-corrected chi connectivity index (χ0v) is 16.2. The quantitative estimate of drug-likeness (QED) is 0.630. The number of aliphatic imine (C=N–C) groups is 1. The number of rotatable bonds is 4. The zero-order chi connectivity index (χ0) is 19.7. The smallest absolute Gasteiger partial charge is 0.217 e. The Morgan fingerprint density at radius 3 is 3.00 bits per heavy atom. The number of amidine groups is 1. The van der Waals surface area contributed by atoms with Gasteiger partial charge in [0.05, 0.1) is 11.6 Å². The Morgan fingerprint density at radius 1 is 1.36 bits per heavy atom. The number of fused-ring (bicyclic) bond motifs is 1. The molecule has 1 amide bonds. The van der Waals surface area contributed by atoms with Crippen LogP contribution in [0, 0.1) is 0 Å². The van der Waals surface area contributed by atoms with Crippen molar-refractivity contribution in [3.63, 3.8) is 0 Å². The molecule has 1 aliphatic heterocycles. The first kappa shape index (κ1) is 18.7. The summed E-state index contributed by atoms with van der Waals surface area (Å²) in [6.07, 6.45) is 6.97. The number of hydrogen-bond donors (Lipinski definition) is 4. The van der Waals surface area contributed by atoms with E-state index in [0.29, 0.717) is 22.3 Å². The maximum atomic E-state index is 14.4. The summed E-state index contributed by atoms with van der Waals surface area (Å²) < 4.78 is 14.4. The first-order chi connectivity index (χ1) is 13.5. The third-order valence-corrected chi connectivity index (χ3v) is 5.28. The van der Waals surface area contributed by atoms with E-state index in [2.05, 4.69) is 30.9 Å². The summed E-state index contributed by atoms with van der Waals surface area (Å²) in [7, 11) is 0. The molecule has 2 unspecified atom stereocenters. The Bertz CT molecular complexity index is 968. The second-order valence-electron chi connectivity index (χ2n) is 7.23. The van der Waals surface area contributed by atoms with Crippen molar-refractivity contribution in [3.8, 4) is 0 Å². The normalized spacial score (nSPS) is 22.6. The molecule has 4 N–H and O–H groups in total. The van der Waals surface area contributed by atoms with Gasteiger partial charge in [-0.3, -0.25) is 9.79 Å². The van der Waals surface area contributed by atoms with Crippen LogP contribution in [-0.2, 0) is 4.79 Å². The van der Waals surface area contributed by atoms with Crippen molar-refractivity contribution in [1.29, 1.82) is 0 Å². The van der Waals surface area contributed by atoms with E-state index in [-0.39, 0.29) is 30.4 Å². The fourth-order valence-electron chi connectivity index (χ4n) is 3.84. The second kappa shape index (κ2) is 7.79. The monoisotopic (exact) mass is 404 g/mol. The summed E-state index contributed by atoms with van der Waals surface area (Å²) in [6, 6.07) is 2.00. The SMILES string of the molecule is CC(=O)NC1CCCC(NC2=C(F)CN=C(c3c[nH]c4ncc(Cl)cc34)N2)C1. The van der Waals surface area contributed by atoms with Crippen LogP contribution in [0.3, 0.4) is 0 Å². The Labute approximate surface area is 166 Å². The number of amides is 1. The molecule has 7 nitrogen and oxygen atoms in total. The standard InChI is InChI=1S/C19H22ClFN6O/c1-10(28)25-12-3-2-4-13(6-12)26-19-16(21)9-24-18(27-19)15-8-23-17-14(15)5-11(20)7-22-17/h5,7-8,12-13,26H,2-4,6,9H2,1H3,(H,22,23)(H,24,27)(H,25,28). The lowest BCUT2D eigenvalue weighted by molar-refractivity contribution is -0.119. The van der Waals surface area contributed by atoms with Crippen molar-refractivity contribution in [2.75, 3.05) is 6.54 Å². The van der Waals surface area contributed by atoms with E-state index in [0.717, 1.165) is 36.6 Å². The Balaban J connectivity index is 1.48. The molecule has 0 aromatic carbocycles. The van der Waals surface area contributed by atoms with Crippen LogP contribution in [0.15, 0.2) is 35.1 Å². The van der Waals surface area contributed by atoms with Crippen LogP contribution in [0.2, 0.25) is 5.02 Å². The molecule has 1 fully saturated rings. The number of pyridine rings is 1. The highest BCUT2D eigenvalue weighted by molar-refractivity contribution is 6.31. The molecule has 4 rings (SSSR count). The lowest BCUT2D eigenvalue weighted by Crippen LogP contribution is -2.46. The number of halogens is 2. The van der Waals surface area contributed by atoms with Crippen molar-refractivity contribution in [2.45, 2.75) is 44.7 Å². The fourth-order valence-corrected chi connectivity index (χ4v) is 4.00. The number of carbonyl (C=O) groups is 1. The molecule has 0 bridgehead atoms. The van der Waals surface area contributed by atoms with Crippen LogP contribution >= 0.6 is 11.6 Å². The topological polar surface area (TPSA) is 94.2 Å². The summed E-state index contributed by atoms with van der Waals surface area (Å²) in [5.41, 5.74) is 1.48. The van der Waals surface area contributed by atoms with Gasteiger partial charge in [-0.2, -0.15) is 0 Å². The van der Waals surface area contributed by atoms with Gasteiger partial charge in [-0.1, -0.05) is 11.6 Å². The second-order valence-corrected chi connectivity index (χ2v) is 7.66. The number of aromatic nitrogens is 2. The van der Waals surface area contributed by atoms with Gasteiger partial charge in [0, 0.05) is 42.4 Å². The van der Waals surface area contributed by atoms with Crippen LogP contribution < -0.4 is 16.0 Å². The molecular formula is C19H22ClFN6O. The summed E-state index contributed by atoms with van der Waals surface area (Å²) in [5.74, 6) is 0.533. The lowest BCUT2D eigenvalue weighted by atomic mass is 9.91. The minimum Gasteiger partial charge on any atom is -0.367 e. The van der Waals surface area contributed by atoms with Crippen molar-refractivity contribution in [1.82, 2.24) is 25.9 Å². The molecule has 9 heteroatoms. The van der Waals surface area contributed by atoms with E-state index < -0.39 is 0 Å². The first-order valence-corrected chi connectivity index (χ1v) is 9.74. The molecule has 2 aromatic rings. The van der Waals surface area contributed by atoms with Gasteiger partial charge in [0.1, 0.15) is 17.3 Å². The molecule has 2 aromatic heterocycles. The number of nitrogens with zero attached hydrogens (tertiary/aromatic N) is 2. The number of nitrogens with one attached hydrogen (secondary N) is 4.